The van der Waals surface area contributed by atoms with Crippen molar-refractivity contribution < 1.29 is 4.79 Å². The van der Waals surface area contributed by atoms with Gasteiger partial charge in [-0.1, -0.05) is 25.7 Å². The maximum atomic E-state index is 11.9. The van der Waals surface area contributed by atoms with Gasteiger partial charge in [-0.05, 0) is 25.2 Å². The molecule has 1 fully saturated rings. The third-order valence-corrected chi connectivity index (χ3v) is 4.63. The number of nitrogens with one attached hydrogen (secondary N) is 1. The van der Waals surface area contributed by atoms with Crippen LogP contribution in [0.4, 0.5) is 0 Å². The van der Waals surface area contributed by atoms with Gasteiger partial charge in [0.1, 0.15) is 5.82 Å². The van der Waals surface area contributed by atoms with Gasteiger partial charge in [-0.3, -0.25) is 4.79 Å². The molecule has 5 heteroatoms. The number of rotatable bonds is 5. The summed E-state index contributed by atoms with van der Waals surface area (Å²) in [4.78, 5) is 11.9. The van der Waals surface area contributed by atoms with Crippen molar-refractivity contribution in [1.29, 1.82) is 0 Å². The Balaban J connectivity index is 1.44. The van der Waals surface area contributed by atoms with E-state index in [1.807, 2.05) is 0 Å². The number of fused-ring (bicyclic) bond motifs is 1. The van der Waals surface area contributed by atoms with Crippen LogP contribution in [0.2, 0.25) is 0 Å². The van der Waals surface area contributed by atoms with Gasteiger partial charge in [0.2, 0.25) is 5.91 Å². The van der Waals surface area contributed by atoms with Crippen molar-refractivity contribution in [1.82, 2.24) is 20.1 Å². The Hall–Kier alpha value is -1.39. The van der Waals surface area contributed by atoms with Gasteiger partial charge in [-0.2, -0.15) is 0 Å². The highest BCUT2D eigenvalue weighted by Crippen LogP contribution is 2.28. The maximum Gasteiger partial charge on any atom is 0.220 e. The van der Waals surface area contributed by atoms with Crippen LogP contribution in [0.1, 0.15) is 63.0 Å². The van der Waals surface area contributed by atoms with Crippen LogP contribution in [0.25, 0.3) is 0 Å². The van der Waals surface area contributed by atoms with Gasteiger partial charge in [0.05, 0.1) is 6.54 Å². The molecule has 20 heavy (non-hydrogen) atoms. The van der Waals surface area contributed by atoms with Crippen LogP contribution >= 0.6 is 0 Å². The van der Waals surface area contributed by atoms with Gasteiger partial charge in [-0.15, -0.1) is 10.2 Å². The quantitative estimate of drug-likeness (QED) is 0.897. The van der Waals surface area contributed by atoms with Crippen molar-refractivity contribution in [2.45, 2.75) is 70.9 Å². The summed E-state index contributed by atoms with van der Waals surface area (Å²) in [6.07, 6.45) is 10.4. The van der Waals surface area contributed by atoms with E-state index >= 15 is 0 Å². The van der Waals surface area contributed by atoms with Crippen molar-refractivity contribution >= 4 is 5.91 Å². The second kappa shape index (κ2) is 6.37. The molecule has 0 radical (unpaired) electrons. The van der Waals surface area contributed by atoms with Crippen LogP contribution < -0.4 is 5.32 Å². The Labute approximate surface area is 120 Å². The lowest BCUT2D eigenvalue weighted by molar-refractivity contribution is -0.121. The van der Waals surface area contributed by atoms with Crippen LogP contribution in [0, 0.1) is 5.92 Å². The number of amides is 1. The number of carbonyl (C=O) groups is 1. The van der Waals surface area contributed by atoms with Gasteiger partial charge in [0, 0.05) is 19.4 Å². The SMILES string of the molecule is O=C(CCC1CCCC1)NCc1nnc2n1CCCC2. The van der Waals surface area contributed by atoms with E-state index in [4.69, 9.17) is 0 Å². The highest BCUT2D eigenvalue weighted by atomic mass is 16.1. The minimum atomic E-state index is 0.157. The minimum absolute atomic E-state index is 0.157. The molecule has 1 N–H and O–H groups in total. The molecule has 5 nitrogen and oxygen atoms in total. The Morgan fingerprint density at radius 1 is 1.20 bits per heavy atom. The molecule has 0 aromatic carbocycles. The molecule has 0 saturated heterocycles. The van der Waals surface area contributed by atoms with Crippen LogP contribution in [0.3, 0.4) is 0 Å². The van der Waals surface area contributed by atoms with E-state index in [9.17, 15) is 4.79 Å². The molecule has 0 atom stereocenters. The molecule has 1 amide bonds. The monoisotopic (exact) mass is 276 g/mol. The Kier molecular flexibility index (Phi) is 4.33. The Morgan fingerprint density at radius 3 is 2.90 bits per heavy atom. The van der Waals surface area contributed by atoms with Crippen molar-refractivity contribution in [2.75, 3.05) is 0 Å². The molecule has 2 aliphatic rings. The topological polar surface area (TPSA) is 59.8 Å². The Bertz CT molecular complexity index is 462. The lowest BCUT2D eigenvalue weighted by Gasteiger charge is -2.15. The van der Waals surface area contributed by atoms with Crippen molar-refractivity contribution in [3.05, 3.63) is 11.6 Å². The number of hydrogen-bond acceptors (Lipinski definition) is 3. The largest absolute Gasteiger partial charge is 0.349 e. The second-order valence-electron chi connectivity index (χ2n) is 6.11. The third kappa shape index (κ3) is 3.19. The van der Waals surface area contributed by atoms with Crippen LogP contribution in [0.15, 0.2) is 0 Å². The van der Waals surface area contributed by atoms with Crippen molar-refractivity contribution in [2.24, 2.45) is 5.92 Å². The summed E-state index contributed by atoms with van der Waals surface area (Å²) in [5, 5.41) is 11.4. The molecule has 1 aliphatic carbocycles. The normalized spacial score (nSPS) is 19.0. The zero-order chi connectivity index (χ0) is 13.8. The molecule has 1 aliphatic heterocycles. The predicted molar refractivity (Wildman–Crippen MR) is 76.0 cm³/mol. The van der Waals surface area contributed by atoms with Crippen LogP contribution in [-0.4, -0.2) is 20.7 Å². The summed E-state index contributed by atoms with van der Waals surface area (Å²) in [7, 11) is 0. The highest BCUT2D eigenvalue weighted by Gasteiger charge is 2.18. The van der Waals surface area contributed by atoms with Crippen molar-refractivity contribution in [3.63, 3.8) is 0 Å². The average Bonchev–Trinajstić information content (AvgIpc) is 3.12. The van der Waals surface area contributed by atoms with E-state index in [0.717, 1.165) is 37.0 Å². The molecule has 1 saturated carbocycles. The lowest BCUT2D eigenvalue weighted by atomic mass is 10.0. The second-order valence-corrected chi connectivity index (χ2v) is 6.11. The molecule has 0 unspecified atom stereocenters. The van der Waals surface area contributed by atoms with E-state index in [2.05, 4.69) is 20.1 Å². The molecule has 0 spiro atoms. The minimum Gasteiger partial charge on any atom is -0.349 e. The first-order valence-corrected chi connectivity index (χ1v) is 8.00. The van der Waals surface area contributed by atoms with Gasteiger partial charge in [0.15, 0.2) is 5.82 Å². The van der Waals surface area contributed by atoms with E-state index < -0.39 is 0 Å². The first-order chi connectivity index (χ1) is 9.83. The fourth-order valence-corrected chi connectivity index (χ4v) is 3.40. The van der Waals surface area contributed by atoms with Gasteiger partial charge < -0.3 is 9.88 Å². The molecule has 110 valence electrons. The Morgan fingerprint density at radius 2 is 2.05 bits per heavy atom. The number of hydrogen-bond donors (Lipinski definition) is 1. The van der Waals surface area contributed by atoms with Crippen LogP contribution in [0.5, 0.6) is 0 Å². The smallest absolute Gasteiger partial charge is 0.220 e. The fourth-order valence-electron chi connectivity index (χ4n) is 3.40. The first kappa shape index (κ1) is 13.6. The van der Waals surface area contributed by atoms with E-state index in [0.29, 0.717) is 13.0 Å². The molecule has 3 rings (SSSR count). The predicted octanol–water partition coefficient (Wildman–Crippen LogP) is 2.20. The summed E-state index contributed by atoms with van der Waals surface area (Å²) < 4.78 is 2.17. The maximum absolute atomic E-state index is 11.9. The molecular formula is C15H24N4O. The van der Waals surface area contributed by atoms with Crippen LogP contribution in [-0.2, 0) is 24.3 Å². The van der Waals surface area contributed by atoms with E-state index in [-0.39, 0.29) is 5.91 Å². The fraction of sp³-hybridized carbons (Fsp3) is 0.800. The summed E-state index contributed by atoms with van der Waals surface area (Å²) in [5.41, 5.74) is 0. The number of carbonyl (C=O) groups excluding carboxylic acids is 1. The zero-order valence-electron chi connectivity index (χ0n) is 12.1. The summed E-state index contributed by atoms with van der Waals surface area (Å²) >= 11 is 0. The first-order valence-electron chi connectivity index (χ1n) is 8.00. The summed E-state index contributed by atoms with van der Waals surface area (Å²) in [6.45, 7) is 1.52. The molecule has 2 heterocycles. The third-order valence-electron chi connectivity index (χ3n) is 4.63. The zero-order valence-corrected chi connectivity index (χ0v) is 12.1. The molecule has 0 bridgehead atoms. The molecular weight excluding hydrogens is 252 g/mol. The van der Waals surface area contributed by atoms with Crippen molar-refractivity contribution in [3.8, 4) is 0 Å². The van der Waals surface area contributed by atoms with Gasteiger partial charge in [0.25, 0.3) is 0 Å². The van der Waals surface area contributed by atoms with Gasteiger partial charge >= 0.3 is 0 Å². The van der Waals surface area contributed by atoms with E-state index in [1.165, 1.54) is 38.5 Å². The standard InChI is InChI=1S/C15H24N4O/c20-15(9-8-12-5-1-2-6-12)16-11-14-18-17-13-7-3-4-10-19(13)14/h12H,1-11H2,(H,16,20). The highest BCUT2D eigenvalue weighted by molar-refractivity contribution is 5.75. The number of aromatic nitrogens is 3. The molecule has 1 aromatic heterocycles. The van der Waals surface area contributed by atoms with Gasteiger partial charge in [-0.25, -0.2) is 0 Å². The number of nitrogens with zero attached hydrogens (tertiary/aromatic N) is 3. The summed E-state index contributed by atoms with van der Waals surface area (Å²) in [6, 6.07) is 0. The number of aryl methyl sites for hydroxylation is 1. The lowest BCUT2D eigenvalue weighted by Crippen LogP contribution is -2.25. The average molecular weight is 276 g/mol. The molecule has 1 aromatic rings. The van der Waals surface area contributed by atoms with E-state index in [1.54, 1.807) is 0 Å². The summed E-state index contributed by atoms with van der Waals surface area (Å²) in [5.74, 6) is 2.92.